The van der Waals surface area contributed by atoms with Gasteiger partial charge >= 0.3 is 0 Å². The number of ether oxygens (including phenoxy) is 1. The van der Waals surface area contributed by atoms with E-state index in [9.17, 15) is 0 Å². The Morgan fingerprint density at radius 2 is 2.25 bits per heavy atom. The molecule has 2 aromatic rings. The van der Waals surface area contributed by atoms with Crippen LogP contribution in [0.15, 0.2) is 36.7 Å². The predicted octanol–water partition coefficient (Wildman–Crippen LogP) is 2.81. The number of thiocarbonyl (C=S) groups is 1. The average molecular weight is 365 g/mol. The maximum atomic E-state index is 6.01. The van der Waals surface area contributed by atoms with Crippen molar-refractivity contribution in [2.75, 3.05) is 13.2 Å². The standard InChI is InChI=1S/C17H21ClN4OS/c1-22-9-8-19-16(22)15(12-4-6-13(18)7-5-12)21-17(24)20-11-14-3-2-10-23-14/h4-9,14-15H,2-3,10-11H2,1H3,(H2,20,21,24)/t14-,15-/m1/s1. The number of aromatic nitrogens is 2. The van der Waals surface area contributed by atoms with Crippen LogP contribution in [0.4, 0.5) is 0 Å². The van der Waals surface area contributed by atoms with Crippen molar-refractivity contribution in [2.24, 2.45) is 7.05 Å². The Balaban J connectivity index is 1.71. The molecule has 0 aliphatic carbocycles. The average Bonchev–Trinajstić information content (AvgIpc) is 3.23. The van der Waals surface area contributed by atoms with Gasteiger partial charge in [-0.25, -0.2) is 4.98 Å². The van der Waals surface area contributed by atoms with Gasteiger partial charge in [-0.05, 0) is 42.8 Å². The Bertz CT molecular complexity index is 682. The molecule has 1 aliphatic heterocycles. The number of rotatable bonds is 5. The maximum absolute atomic E-state index is 6.01. The van der Waals surface area contributed by atoms with Crippen molar-refractivity contribution in [2.45, 2.75) is 25.0 Å². The number of nitrogens with zero attached hydrogens (tertiary/aromatic N) is 2. The molecule has 0 saturated carbocycles. The largest absolute Gasteiger partial charge is 0.376 e. The van der Waals surface area contributed by atoms with Crippen LogP contribution >= 0.6 is 23.8 Å². The van der Waals surface area contributed by atoms with Gasteiger partial charge in [-0.15, -0.1) is 0 Å². The van der Waals surface area contributed by atoms with Crippen LogP contribution in [0.25, 0.3) is 0 Å². The van der Waals surface area contributed by atoms with Crippen molar-refractivity contribution in [3.05, 3.63) is 53.1 Å². The molecule has 7 heteroatoms. The fourth-order valence-electron chi connectivity index (χ4n) is 2.80. The molecule has 2 N–H and O–H groups in total. The number of imidazole rings is 1. The second-order valence-corrected chi connectivity index (χ2v) is 6.71. The number of nitrogens with one attached hydrogen (secondary N) is 2. The summed E-state index contributed by atoms with van der Waals surface area (Å²) >= 11 is 11.5. The maximum Gasteiger partial charge on any atom is 0.167 e. The van der Waals surface area contributed by atoms with E-state index in [-0.39, 0.29) is 12.1 Å². The number of hydrogen-bond donors (Lipinski definition) is 2. The van der Waals surface area contributed by atoms with Gasteiger partial charge in [0.15, 0.2) is 5.11 Å². The number of benzene rings is 1. The van der Waals surface area contributed by atoms with Crippen molar-refractivity contribution >= 4 is 28.9 Å². The minimum Gasteiger partial charge on any atom is -0.376 e. The summed E-state index contributed by atoms with van der Waals surface area (Å²) in [6.45, 7) is 1.56. The van der Waals surface area contributed by atoms with Crippen LogP contribution in [-0.2, 0) is 11.8 Å². The Kier molecular flexibility index (Phi) is 5.71. The van der Waals surface area contributed by atoms with E-state index in [1.807, 2.05) is 42.1 Å². The van der Waals surface area contributed by atoms with Gasteiger partial charge in [-0.1, -0.05) is 23.7 Å². The molecule has 0 spiro atoms. The van der Waals surface area contributed by atoms with Gasteiger partial charge < -0.3 is 19.9 Å². The summed E-state index contributed by atoms with van der Waals surface area (Å²) in [5, 5.41) is 7.90. The van der Waals surface area contributed by atoms with Gasteiger partial charge in [-0.2, -0.15) is 0 Å². The van der Waals surface area contributed by atoms with E-state index in [4.69, 9.17) is 28.6 Å². The summed E-state index contributed by atoms with van der Waals surface area (Å²) in [7, 11) is 1.97. The summed E-state index contributed by atoms with van der Waals surface area (Å²) in [4.78, 5) is 4.46. The van der Waals surface area contributed by atoms with Gasteiger partial charge in [0.1, 0.15) is 11.9 Å². The first-order valence-corrected chi connectivity index (χ1v) is 8.81. The van der Waals surface area contributed by atoms with Crippen LogP contribution in [0.1, 0.15) is 30.3 Å². The van der Waals surface area contributed by atoms with Crippen LogP contribution < -0.4 is 10.6 Å². The minimum atomic E-state index is -0.147. The van der Waals surface area contributed by atoms with Gasteiger partial charge in [0, 0.05) is 37.6 Å². The van der Waals surface area contributed by atoms with E-state index < -0.39 is 0 Å². The van der Waals surface area contributed by atoms with Crippen LogP contribution in [0.2, 0.25) is 5.02 Å². The monoisotopic (exact) mass is 364 g/mol. The van der Waals surface area contributed by atoms with Gasteiger partial charge in [0.05, 0.1) is 6.10 Å². The lowest BCUT2D eigenvalue weighted by Crippen LogP contribution is -2.42. The lowest BCUT2D eigenvalue weighted by Gasteiger charge is -2.22. The Morgan fingerprint density at radius 3 is 2.88 bits per heavy atom. The third-order valence-electron chi connectivity index (χ3n) is 4.11. The highest BCUT2D eigenvalue weighted by molar-refractivity contribution is 7.80. The summed E-state index contributed by atoms with van der Waals surface area (Å²) in [6, 6.07) is 7.57. The first-order valence-electron chi connectivity index (χ1n) is 8.02. The van der Waals surface area contributed by atoms with Crippen LogP contribution in [0.5, 0.6) is 0 Å². The molecule has 3 rings (SSSR count). The molecular formula is C17H21ClN4OS. The molecule has 5 nitrogen and oxygen atoms in total. The van der Waals surface area contributed by atoms with Crippen molar-refractivity contribution < 1.29 is 4.74 Å². The molecule has 0 unspecified atom stereocenters. The zero-order valence-corrected chi connectivity index (χ0v) is 15.1. The van der Waals surface area contributed by atoms with E-state index in [1.165, 1.54) is 0 Å². The van der Waals surface area contributed by atoms with Crippen LogP contribution in [-0.4, -0.2) is 33.9 Å². The second kappa shape index (κ2) is 7.96. The molecule has 0 radical (unpaired) electrons. The predicted molar refractivity (Wildman–Crippen MR) is 99.2 cm³/mol. The molecule has 1 aromatic heterocycles. The Morgan fingerprint density at radius 1 is 1.46 bits per heavy atom. The van der Waals surface area contributed by atoms with E-state index >= 15 is 0 Å². The smallest absolute Gasteiger partial charge is 0.167 e. The fraction of sp³-hybridized carbons (Fsp3) is 0.412. The lowest BCUT2D eigenvalue weighted by molar-refractivity contribution is 0.114. The third-order valence-corrected chi connectivity index (χ3v) is 4.62. The van der Waals surface area contributed by atoms with Crippen molar-refractivity contribution in [1.29, 1.82) is 0 Å². The molecule has 0 amide bonds. The molecule has 2 heterocycles. The number of hydrogen-bond acceptors (Lipinski definition) is 3. The first-order chi connectivity index (χ1) is 11.6. The zero-order valence-electron chi connectivity index (χ0n) is 13.5. The highest BCUT2D eigenvalue weighted by atomic mass is 35.5. The van der Waals surface area contributed by atoms with E-state index in [0.717, 1.165) is 37.4 Å². The number of aryl methyl sites for hydroxylation is 1. The molecule has 0 bridgehead atoms. The van der Waals surface area contributed by atoms with Crippen molar-refractivity contribution in [1.82, 2.24) is 20.2 Å². The van der Waals surface area contributed by atoms with E-state index in [1.54, 1.807) is 6.20 Å². The van der Waals surface area contributed by atoms with Crippen LogP contribution in [0.3, 0.4) is 0 Å². The van der Waals surface area contributed by atoms with E-state index in [0.29, 0.717) is 10.1 Å². The molecule has 128 valence electrons. The van der Waals surface area contributed by atoms with Gasteiger partial charge in [0.25, 0.3) is 0 Å². The molecule has 1 saturated heterocycles. The second-order valence-electron chi connectivity index (χ2n) is 5.87. The van der Waals surface area contributed by atoms with Gasteiger partial charge in [-0.3, -0.25) is 0 Å². The number of halogens is 1. The first kappa shape index (κ1) is 17.2. The molecule has 1 aliphatic rings. The van der Waals surface area contributed by atoms with Gasteiger partial charge in [0.2, 0.25) is 0 Å². The third kappa shape index (κ3) is 4.26. The molecule has 24 heavy (non-hydrogen) atoms. The highest BCUT2D eigenvalue weighted by Crippen LogP contribution is 2.22. The fourth-order valence-corrected chi connectivity index (χ4v) is 3.13. The molecular weight excluding hydrogens is 344 g/mol. The van der Waals surface area contributed by atoms with Crippen molar-refractivity contribution in [3.8, 4) is 0 Å². The van der Waals surface area contributed by atoms with Crippen LogP contribution in [0, 0.1) is 0 Å². The minimum absolute atomic E-state index is 0.147. The summed E-state index contributed by atoms with van der Waals surface area (Å²) in [6.07, 6.45) is 6.14. The molecule has 1 aromatic carbocycles. The van der Waals surface area contributed by atoms with Crippen molar-refractivity contribution in [3.63, 3.8) is 0 Å². The Labute approximate surface area is 152 Å². The molecule has 2 atom stereocenters. The zero-order chi connectivity index (χ0) is 16.9. The lowest BCUT2D eigenvalue weighted by atomic mass is 10.1. The molecule has 1 fully saturated rings. The normalized spacial score (nSPS) is 18.3. The van der Waals surface area contributed by atoms with E-state index in [2.05, 4.69) is 15.6 Å². The summed E-state index contributed by atoms with van der Waals surface area (Å²) < 4.78 is 7.60. The highest BCUT2D eigenvalue weighted by Gasteiger charge is 2.20. The quantitative estimate of drug-likeness (QED) is 0.799. The Hall–Kier alpha value is -1.63. The topological polar surface area (TPSA) is 51.1 Å². The summed E-state index contributed by atoms with van der Waals surface area (Å²) in [5.41, 5.74) is 1.05. The summed E-state index contributed by atoms with van der Waals surface area (Å²) in [5.74, 6) is 0.888. The SMILES string of the molecule is Cn1ccnc1[C@H](NC(=S)NC[C@H]1CCCO1)c1ccc(Cl)cc1.